The minimum atomic E-state index is -0.0917. The van der Waals surface area contributed by atoms with Crippen molar-refractivity contribution >= 4 is 0 Å². The summed E-state index contributed by atoms with van der Waals surface area (Å²) >= 11 is 0. The average molecular weight is 287 g/mol. The number of likely N-dealkylation sites (N-methyl/N-ethyl adjacent to an activating group) is 1. The summed E-state index contributed by atoms with van der Waals surface area (Å²) in [5, 5.41) is 0. The third kappa shape index (κ3) is 4.69. The largest absolute Gasteiger partial charge is 0.379 e. The van der Waals surface area contributed by atoms with Crippen molar-refractivity contribution in [2.24, 2.45) is 5.84 Å². The van der Waals surface area contributed by atoms with Crippen LogP contribution in [0.1, 0.15) is 67.2 Å². The first-order chi connectivity index (χ1) is 9.37. The molecule has 0 spiro atoms. The van der Waals surface area contributed by atoms with Gasteiger partial charge in [0.15, 0.2) is 0 Å². The van der Waals surface area contributed by atoms with Gasteiger partial charge in [-0.15, -0.1) is 0 Å². The van der Waals surface area contributed by atoms with Gasteiger partial charge in [0.05, 0.1) is 5.60 Å². The predicted molar refractivity (Wildman–Crippen MR) is 87.7 cm³/mol. The molecule has 122 valence electrons. The van der Waals surface area contributed by atoms with Crippen molar-refractivity contribution in [3.05, 3.63) is 0 Å². The summed E-state index contributed by atoms with van der Waals surface area (Å²) in [6.07, 6.45) is 4.23. The molecule has 0 aromatic rings. The van der Waals surface area contributed by atoms with Gasteiger partial charge in [0.25, 0.3) is 0 Å². The van der Waals surface area contributed by atoms with Gasteiger partial charge in [0.1, 0.15) is 0 Å². The molecule has 0 rings (SSSR count). The Morgan fingerprint density at radius 1 is 1.10 bits per heavy atom. The minimum absolute atomic E-state index is 0.0917. The molecule has 0 heterocycles. The standard InChI is InChI=1S/C16H37N3O/c1-8-16(9-2,19(10-3)11-4)14(18-17)12-13-15(5,6)20-7/h14,18H,8-13,17H2,1-7H3. The zero-order valence-corrected chi connectivity index (χ0v) is 14.8. The van der Waals surface area contributed by atoms with Crippen LogP contribution in [0, 0.1) is 0 Å². The zero-order valence-electron chi connectivity index (χ0n) is 14.8. The highest BCUT2D eigenvalue weighted by atomic mass is 16.5. The summed E-state index contributed by atoms with van der Waals surface area (Å²) in [4.78, 5) is 2.55. The lowest BCUT2D eigenvalue weighted by Crippen LogP contribution is -2.62. The van der Waals surface area contributed by atoms with Crippen LogP contribution in [0.15, 0.2) is 0 Å². The zero-order chi connectivity index (χ0) is 15.8. The molecular formula is C16H37N3O. The Hall–Kier alpha value is -0.160. The maximum atomic E-state index is 5.91. The lowest BCUT2D eigenvalue weighted by Gasteiger charge is -2.48. The van der Waals surface area contributed by atoms with E-state index >= 15 is 0 Å². The summed E-state index contributed by atoms with van der Waals surface area (Å²) in [5.74, 6) is 5.91. The highest BCUT2D eigenvalue weighted by Crippen LogP contribution is 2.31. The molecule has 20 heavy (non-hydrogen) atoms. The fraction of sp³-hybridized carbons (Fsp3) is 1.00. The third-order valence-corrected chi connectivity index (χ3v) is 5.06. The van der Waals surface area contributed by atoms with Crippen molar-refractivity contribution in [1.82, 2.24) is 10.3 Å². The van der Waals surface area contributed by atoms with Crippen LogP contribution in [0.2, 0.25) is 0 Å². The quantitative estimate of drug-likeness (QED) is 0.453. The van der Waals surface area contributed by atoms with E-state index < -0.39 is 0 Å². The van der Waals surface area contributed by atoms with Crippen LogP contribution in [-0.4, -0.2) is 42.3 Å². The first-order valence-corrected chi connectivity index (χ1v) is 8.13. The van der Waals surface area contributed by atoms with E-state index in [4.69, 9.17) is 10.6 Å². The van der Waals surface area contributed by atoms with E-state index in [1.807, 2.05) is 0 Å². The lowest BCUT2D eigenvalue weighted by molar-refractivity contribution is -0.00318. The number of hydrogen-bond acceptors (Lipinski definition) is 4. The molecule has 0 amide bonds. The maximum Gasteiger partial charge on any atom is 0.0623 e. The predicted octanol–water partition coefficient (Wildman–Crippen LogP) is 2.92. The molecule has 4 nitrogen and oxygen atoms in total. The van der Waals surface area contributed by atoms with E-state index in [9.17, 15) is 0 Å². The molecule has 0 fully saturated rings. The monoisotopic (exact) mass is 287 g/mol. The van der Waals surface area contributed by atoms with Gasteiger partial charge in [-0.05, 0) is 52.6 Å². The molecule has 0 aliphatic heterocycles. The van der Waals surface area contributed by atoms with Crippen molar-refractivity contribution < 1.29 is 4.74 Å². The molecule has 0 aromatic carbocycles. The van der Waals surface area contributed by atoms with Crippen molar-refractivity contribution in [3.63, 3.8) is 0 Å². The Kier molecular flexibility index (Phi) is 8.91. The molecule has 0 aliphatic rings. The van der Waals surface area contributed by atoms with Crippen LogP contribution < -0.4 is 11.3 Å². The van der Waals surface area contributed by atoms with Crippen LogP contribution >= 0.6 is 0 Å². The van der Waals surface area contributed by atoms with E-state index in [2.05, 4.69) is 51.9 Å². The summed E-state index contributed by atoms with van der Waals surface area (Å²) in [6, 6.07) is 0.284. The lowest BCUT2D eigenvalue weighted by atomic mass is 9.79. The van der Waals surface area contributed by atoms with Gasteiger partial charge in [-0.3, -0.25) is 16.2 Å². The van der Waals surface area contributed by atoms with E-state index in [-0.39, 0.29) is 17.2 Å². The van der Waals surface area contributed by atoms with E-state index in [0.29, 0.717) is 0 Å². The third-order valence-electron chi connectivity index (χ3n) is 5.06. The highest BCUT2D eigenvalue weighted by molar-refractivity contribution is 4.98. The van der Waals surface area contributed by atoms with Gasteiger partial charge in [-0.25, -0.2) is 0 Å². The second-order valence-corrected chi connectivity index (χ2v) is 6.20. The Bertz CT molecular complexity index is 248. The van der Waals surface area contributed by atoms with Gasteiger partial charge in [-0.2, -0.15) is 0 Å². The normalized spacial score (nSPS) is 14.8. The molecule has 0 saturated carbocycles. The SMILES string of the molecule is CCN(CC)C(CC)(CC)C(CCC(C)(C)OC)NN. The van der Waals surface area contributed by atoms with Crippen LogP contribution in [0.25, 0.3) is 0 Å². The molecule has 0 bridgehead atoms. The molecule has 3 N–H and O–H groups in total. The molecular weight excluding hydrogens is 250 g/mol. The Morgan fingerprint density at radius 3 is 1.90 bits per heavy atom. The Morgan fingerprint density at radius 2 is 1.60 bits per heavy atom. The maximum absolute atomic E-state index is 5.91. The van der Waals surface area contributed by atoms with Gasteiger partial charge in [0, 0.05) is 18.7 Å². The van der Waals surface area contributed by atoms with Crippen LogP contribution in [0.5, 0.6) is 0 Å². The number of ether oxygens (including phenoxy) is 1. The van der Waals surface area contributed by atoms with Crippen LogP contribution in [0.3, 0.4) is 0 Å². The van der Waals surface area contributed by atoms with E-state index in [1.54, 1.807) is 7.11 Å². The second-order valence-electron chi connectivity index (χ2n) is 6.20. The van der Waals surface area contributed by atoms with E-state index in [0.717, 1.165) is 38.8 Å². The number of nitrogens with two attached hydrogens (primary N) is 1. The highest BCUT2D eigenvalue weighted by Gasteiger charge is 2.39. The molecule has 0 saturated heterocycles. The first-order valence-electron chi connectivity index (χ1n) is 8.13. The van der Waals surface area contributed by atoms with Crippen molar-refractivity contribution in [2.75, 3.05) is 20.2 Å². The molecule has 1 unspecified atom stereocenters. The number of nitrogens with zero attached hydrogens (tertiary/aromatic N) is 1. The summed E-state index contributed by atoms with van der Waals surface area (Å²) in [6.45, 7) is 15.4. The second kappa shape index (κ2) is 8.98. The summed E-state index contributed by atoms with van der Waals surface area (Å²) < 4.78 is 5.54. The van der Waals surface area contributed by atoms with Crippen LogP contribution in [0.4, 0.5) is 0 Å². The molecule has 1 atom stereocenters. The smallest absolute Gasteiger partial charge is 0.0623 e. The van der Waals surface area contributed by atoms with Crippen LogP contribution in [-0.2, 0) is 4.74 Å². The summed E-state index contributed by atoms with van der Waals surface area (Å²) in [7, 11) is 1.78. The van der Waals surface area contributed by atoms with Crippen molar-refractivity contribution in [3.8, 4) is 0 Å². The van der Waals surface area contributed by atoms with Gasteiger partial charge in [-0.1, -0.05) is 27.7 Å². The molecule has 0 aromatic heterocycles. The number of hydrazine groups is 1. The van der Waals surface area contributed by atoms with E-state index in [1.165, 1.54) is 0 Å². The molecule has 4 heteroatoms. The first kappa shape index (κ1) is 19.8. The summed E-state index contributed by atoms with van der Waals surface area (Å²) in [5.41, 5.74) is 3.13. The molecule has 0 radical (unpaired) electrons. The van der Waals surface area contributed by atoms with Crippen molar-refractivity contribution in [1.29, 1.82) is 0 Å². The Balaban J connectivity index is 5.10. The van der Waals surface area contributed by atoms with Gasteiger partial charge in [0.2, 0.25) is 0 Å². The number of methoxy groups -OCH3 is 1. The fourth-order valence-electron chi connectivity index (χ4n) is 3.36. The fourth-order valence-corrected chi connectivity index (χ4v) is 3.36. The van der Waals surface area contributed by atoms with Gasteiger partial charge >= 0.3 is 0 Å². The Labute approximate surface area is 126 Å². The average Bonchev–Trinajstić information content (AvgIpc) is 2.46. The number of rotatable bonds is 11. The number of hydrogen-bond donors (Lipinski definition) is 2. The van der Waals surface area contributed by atoms with Gasteiger partial charge < -0.3 is 4.74 Å². The number of nitrogens with one attached hydrogen (secondary N) is 1. The molecule has 0 aliphatic carbocycles. The topological polar surface area (TPSA) is 50.5 Å². The van der Waals surface area contributed by atoms with Crippen molar-refractivity contribution in [2.45, 2.75) is 84.4 Å². The minimum Gasteiger partial charge on any atom is -0.379 e.